The average molecular weight is 404 g/mol. The molecule has 0 unspecified atom stereocenters. The summed E-state index contributed by atoms with van der Waals surface area (Å²) < 4.78 is 31.8. The van der Waals surface area contributed by atoms with Crippen molar-refractivity contribution in [3.63, 3.8) is 0 Å². The topological polar surface area (TPSA) is 109 Å². The highest BCUT2D eigenvalue weighted by atomic mass is 35.5. The molecule has 1 fully saturated rings. The van der Waals surface area contributed by atoms with E-state index in [1.807, 2.05) is 0 Å². The number of amides is 2. The van der Waals surface area contributed by atoms with Crippen molar-refractivity contribution in [1.29, 1.82) is 0 Å². The first-order valence-corrected chi connectivity index (χ1v) is 9.94. The monoisotopic (exact) mass is 403 g/mol. The number of rotatable bonds is 4. The molecule has 134 valence electrons. The van der Waals surface area contributed by atoms with Gasteiger partial charge in [-0.15, -0.1) is 11.3 Å². The van der Waals surface area contributed by atoms with E-state index in [9.17, 15) is 18.0 Å². The Kier molecular flexibility index (Phi) is 5.13. The van der Waals surface area contributed by atoms with Crippen LogP contribution in [0.3, 0.4) is 0 Å². The number of hydrogen-bond donors (Lipinski definition) is 2. The lowest BCUT2D eigenvalue weighted by atomic mass is 10.2. The van der Waals surface area contributed by atoms with Gasteiger partial charge in [0.2, 0.25) is 0 Å². The fourth-order valence-electron chi connectivity index (χ4n) is 2.51. The SMILES string of the molecule is O=C(NNC(=O)[C@@H]1CCCN1S(=O)(=O)c1ccc(Cl)s1)c1ccco1. The highest BCUT2D eigenvalue weighted by Crippen LogP contribution is 2.32. The zero-order chi connectivity index (χ0) is 18.0. The molecule has 1 saturated heterocycles. The van der Waals surface area contributed by atoms with Gasteiger partial charge in [0, 0.05) is 6.54 Å². The summed E-state index contributed by atoms with van der Waals surface area (Å²) >= 11 is 6.74. The van der Waals surface area contributed by atoms with Crippen LogP contribution in [0.5, 0.6) is 0 Å². The number of furan rings is 1. The predicted molar refractivity (Wildman–Crippen MR) is 90.6 cm³/mol. The van der Waals surface area contributed by atoms with Gasteiger partial charge in [-0.1, -0.05) is 11.6 Å². The van der Waals surface area contributed by atoms with E-state index in [0.29, 0.717) is 17.2 Å². The molecule has 1 atom stereocenters. The molecule has 0 radical (unpaired) electrons. The lowest BCUT2D eigenvalue weighted by molar-refractivity contribution is -0.125. The fourth-order valence-corrected chi connectivity index (χ4v) is 5.78. The minimum atomic E-state index is -3.82. The summed E-state index contributed by atoms with van der Waals surface area (Å²) in [5.74, 6) is -1.20. The third-order valence-electron chi connectivity index (χ3n) is 3.66. The molecule has 1 aliphatic rings. The first-order valence-electron chi connectivity index (χ1n) is 7.30. The Morgan fingerprint density at radius 1 is 1.28 bits per heavy atom. The Bertz CT molecular complexity index is 878. The standard InChI is InChI=1S/C14H14ClN3O5S2/c15-11-5-6-12(24-11)25(21,22)18-7-1-3-9(18)13(19)16-17-14(20)10-4-2-8-23-10/h2,4-6,8-9H,1,3,7H2,(H,16,19)(H,17,20)/t9-/m0/s1. The summed E-state index contributed by atoms with van der Waals surface area (Å²) in [7, 11) is -3.82. The maximum Gasteiger partial charge on any atom is 0.305 e. The Labute approximate surface area is 152 Å². The van der Waals surface area contributed by atoms with Crippen LogP contribution in [0.4, 0.5) is 0 Å². The van der Waals surface area contributed by atoms with Crippen LogP contribution in [0.25, 0.3) is 0 Å². The zero-order valence-corrected chi connectivity index (χ0v) is 15.2. The molecular weight excluding hydrogens is 390 g/mol. The van der Waals surface area contributed by atoms with E-state index >= 15 is 0 Å². The summed E-state index contributed by atoms with van der Waals surface area (Å²) in [5.41, 5.74) is 4.45. The number of carbonyl (C=O) groups excluding carboxylic acids is 2. The minimum absolute atomic E-state index is 0.0319. The van der Waals surface area contributed by atoms with Crippen molar-refractivity contribution in [2.24, 2.45) is 0 Å². The first kappa shape index (κ1) is 17.9. The van der Waals surface area contributed by atoms with Crippen LogP contribution >= 0.6 is 22.9 Å². The molecule has 2 aromatic heterocycles. The molecule has 0 bridgehead atoms. The average Bonchev–Trinajstić information content (AvgIpc) is 3.31. The maximum absolute atomic E-state index is 12.7. The molecule has 0 spiro atoms. The van der Waals surface area contributed by atoms with Gasteiger partial charge in [0.25, 0.3) is 15.9 Å². The van der Waals surface area contributed by atoms with E-state index in [2.05, 4.69) is 10.9 Å². The number of carbonyl (C=O) groups is 2. The molecule has 2 amide bonds. The van der Waals surface area contributed by atoms with Crippen LogP contribution in [-0.2, 0) is 14.8 Å². The second-order valence-corrected chi connectivity index (χ2v) is 9.09. The summed E-state index contributed by atoms with van der Waals surface area (Å²) in [5, 5.41) is 0. The van der Waals surface area contributed by atoms with Crippen LogP contribution in [-0.4, -0.2) is 37.1 Å². The molecule has 8 nitrogen and oxygen atoms in total. The number of hydrazine groups is 1. The predicted octanol–water partition coefficient (Wildman–Crippen LogP) is 1.61. The first-order chi connectivity index (χ1) is 11.9. The van der Waals surface area contributed by atoms with E-state index < -0.39 is 27.9 Å². The molecule has 2 aromatic rings. The summed E-state index contributed by atoms with van der Waals surface area (Å²) in [4.78, 5) is 24.1. The van der Waals surface area contributed by atoms with Gasteiger partial charge in [-0.2, -0.15) is 4.31 Å². The molecule has 0 saturated carbocycles. The van der Waals surface area contributed by atoms with Gasteiger partial charge in [0.15, 0.2) is 5.76 Å². The van der Waals surface area contributed by atoms with Crippen LogP contribution in [0.2, 0.25) is 4.34 Å². The van der Waals surface area contributed by atoms with Crippen molar-refractivity contribution in [1.82, 2.24) is 15.2 Å². The van der Waals surface area contributed by atoms with Crippen molar-refractivity contribution in [3.8, 4) is 0 Å². The molecule has 0 aliphatic carbocycles. The Balaban J connectivity index is 1.68. The maximum atomic E-state index is 12.7. The van der Waals surface area contributed by atoms with E-state index in [0.717, 1.165) is 15.6 Å². The normalized spacial score (nSPS) is 18.2. The molecule has 3 heterocycles. The van der Waals surface area contributed by atoms with Crippen molar-refractivity contribution in [2.75, 3.05) is 6.54 Å². The molecule has 25 heavy (non-hydrogen) atoms. The Hall–Kier alpha value is -1.88. The number of thiophene rings is 1. The number of sulfonamides is 1. The number of nitrogens with zero attached hydrogens (tertiary/aromatic N) is 1. The molecule has 1 aliphatic heterocycles. The lowest BCUT2D eigenvalue weighted by Gasteiger charge is -2.22. The highest BCUT2D eigenvalue weighted by molar-refractivity contribution is 7.91. The smallest absolute Gasteiger partial charge is 0.305 e. The van der Waals surface area contributed by atoms with Crippen molar-refractivity contribution in [3.05, 3.63) is 40.6 Å². The Morgan fingerprint density at radius 3 is 2.72 bits per heavy atom. The molecular formula is C14H14ClN3O5S2. The van der Waals surface area contributed by atoms with Gasteiger partial charge >= 0.3 is 5.91 Å². The van der Waals surface area contributed by atoms with Crippen LogP contribution in [0, 0.1) is 0 Å². The summed E-state index contributed by atoms with van der Waals surface area (Å²) in [6.45, 7) is 0.224. The zero-order valence-electron chi connectivity index (χ0n) is 12.8. The number of hydrogen-bond acceptors (Lipinski definition) is 6. The molecule has 3 rings (SSSR count). The molecule has 0 aromatic carbocycles. The largest absolute Gasteiger partial charge is 0.459 e. The third kappa shape index (κ3) is 3.71. The van der Waals surface area contributed by atoms with Crippen LogP contribution in [0.1, 0.15) is 23.4 Å². The van der Waals surface area contributed by atoms with Crippen molar-refractivity contribution >= 4 is 44.8 Å². The third-order valence-corrected chi connectivity index (χ3v) is 7.27. The van der Waals surface area contributed by atoms with E-state index in [4.69, 9.17) is 16.0 Å². The van der Waals surface area contributed by atoms with Gasteiger partial charge in [-0.3, -0.25) is 20.4 Å². The van der Waals surface area contributed by atoms with Crippen LogP contribution < -0.4 is 10.9 Å². The quantitative estimate of drug-likeness (QED) is 0.754. The minimum Gasteiger partial charge on any atom is -0.459 e. The van der Waals surface area contributed by atoms with Gasteiger partial charge in [0.1, 0.15) is 10.3 Å². The van der Waals surface area contributed by atoms with E-state index in [-0.39, 0.29) is 16.5 Å². The van der Waals surface area contributed by atoms with Gasteiger partial charge < -0.3 is 4.42 Å². The number of halogens is 1. The summed E-state index contributed by atoms with van der Waals surface area (Å²) in [6.07, 6.45) is 2.23. The second-order valence-electron chi connectivity index (χ2n) is 5.25. The fraction of sp³-hybridized carbons (Fsp3) is 0.286. The highest BCUT2D eigenvalue weighted by Gasteiger charge is 2.40. The van der Waals surface area contributed by atoms with E-state index in [1.54, 1.807) is 0 Å². The van der Waals surface area contributed by atoms with Crippen LogP contribution in [0.15, 0.2) is 39.2 Å². The van der Waals surface area contributed by atoms with E-state index in [1.165, 1.54) is 30.5 Å². The second kappa shape index (κ2) is 7.16. The number of nitrogens with one attached hydrogen (secondary N) is 2. The molecule has 11 heteroatoms. The van der Waals surface area contributed by atoms with Gasteiger partial charge in [-0.05, 0) is 37.1 Å². The van der Waals surface area contributed by atoms with Gasteiger partial charge in [0.05, 0.1) is 10.6 Å². The van der Waals surface area contributed by atoms with Crippen molar-refractivity contribution in [2.45, 2.75) is 23.1 Å². The lowest BCUT2D eigenvalue weighted by Crippen LogP contribution is -2.51. The van der Waals surface area contributed by atoms with Crippen molar-refractivity contribution < 1.29 is 22.4 Å². The summed E-state index contributed by atoms with van der Waals surface area (Å²) in [6, 6.07) is 4.98. The van der Waals surface area contributed by atoms with Gasteiger partial charge in [-0.25, -0.2) is 8.42 Å². The Morgan fingerprint density at radius 2 is 2.08 bits per heavy atom. The molecule has 2 N–H and O–H groups in total.